The van der Waals surface area contributed by atoms with Crippen molar-refractivity contribution in [1.82, 2.24) is 14.6 Å². The van der Waals surface area contributed by atoms with E-state index in [2.05, 4.69) is 15.4 Å². The van der Waals surface area contributed by atoms with Gasteiger partial charge in [-0.25, -0.2) is 9.50 Å². The normalized spacial score (nSPS) is 24.9. The van der Waals surface area contributed by atoms with Crippen LogP contribution in [-0.4, -0.2) is 26.7 Å². The lowest BCUT2D eigenvalue weighted by atomic mass is 9.63. The van der Waals surface area contributed by atoms with E-state index in [0.717, 1.165) is 12.5 Å². The van der Waals surface area contributed by atoms with Gasteiger partial charge in [-0.05, 0) is 6.42 Å². The number of hydrogen-bond donors (Lipinski definition) is 2. The van der Waals surface area contributed by atoms with Crippen LogP contribution in [0.2, 0.25) is 0 Å². The Hall–Kier alpha value is -1.83. The van der Waals surface area contributed by atoms with Crippen LogP contribution in [0.5, 0.6) is 0 Å². The maximum Gasteiger partial charge on any atom is 0.435 e. The lowest BCUT2D eigenvalue weighted by Gasteiger charge is -2.50. The summed E-state index contributed by atoms with van der Waals surface area (Å²) in [4.78, 5) is 4.13. The van der Waals surface area contributed by atoms with Gasteiger partial charge in [0, 0.05) is 36.0 Å². The van der Waals surface area contributed by atoms with Crippen molar-refractivity contribution in [2.24, 2.45) is 11.1 Å². The van der Waals surface area contributed by atoms with E-state index in [0.29, 0.717) is 11.3 Å². The van der Waals surface area contributed by atoms with Crippen LogP contribution < -0.4 is 11.1 Å². The fraction of sp³-hybridized carbons (Fsp3) is 0.538. The van der Waals surface area contributed by atoms with Gasteiger partial charge in [-0.15, -0.1) is 0 Å². The van der Waals surface area contributed by atoms with Crippen molar-refractivity contribution in [2.75, 3.05) is 5.32 Å². The number of nitrogens with zero attached hydrogens (tertiary/aromatic N) is 3. The Balaban J connectivity index is 1.95. The molecule has 3 rings (SSSR count). The maximum atomic E-state index is 12.7. The molecule has 5 nitrogen and oxygen atoms in total. The number of aromatic nitrogens is 3. The molecule has 0 radical (unpaired) electrons. The molecule has 2 unspecified atom stereocenters. The summed E-state index contributed by atoms with van der Waals surface area (Å²) in [5, 5.41) is 6.72. The molecule has 1 aliphatic rings. The Morgan fingerprint density at radius 2 is 2.14 bits per heavy atom. The van der Waals surface area contributed by atoms with E-state index in [9.17, 15) is 13.2 Å². The van der Waals surface area contributed by atoms with Gasteiger partial charge in [0.25, 0.3) is 0 Å². The minimum absolute atomic E-state index is 0.0744. The standard InChI is InChI=1S/C13H16F3N5/c1-12(2)8(17)6-9(12)19-11-7-5-10(13(14,15)16)20-21(7)4-3-18-11/h3-5,8-9H,6,17H2,1-2H3,(H,18,19). The second-order valence-electron chi connectivity index (χ2n) is 5.99. The number of nitrogens with one attached hydrogen (secondary N) is 1. The van der Waals surface area contributed by atoms with E-state index in [1.807, 2.05) is 13.8 Å². The van der Waals surface area contributed by atoms with E-state index >= 15 is 0 Å². The molecule has 0 amide bonds. The summed E-state index contributed by atoms with van der Waals surface area (Å²) in [7, 11) is 0. The van der Waals surface area contributed by atoms with Crippen molar-refractivity contribution in [3.63, 3.8) is 0 Å². The molecule has 3 N–H and O–H groups in total. The smallest absolute Gasteiger partial charge is 0.365 e. The monoisotopic (exact) mass is 299 g/mol. The average Bonchev–Trinajstić information content (AvgIpc) is 2.83. The fourth-order valence-electron chi connectivity index (χ4n) is 2.54. The molecule has 8 heteroatoms. The third-order valence-corrected chi connectivity index (χ3v) is 4.33. The van der Waals surface area contributed by atoms with Crippen LogP contribution in [0.4, 0.5) is 19.0 Å². The molecule has 0 bridgehead atoms. The molecule has 114 valence electrons. The van der Waals surface area contributed by atoms with Gasteiger partial charge >= 0.3 is 6.18 Å². The van der Waals surface area contributed by atoms with E-state index in [1.165, 1.54) is 16.9 Å². The summed E-state index contributed by atoms with van der Waals surface area (Å²) < 4.78 is 39.4. The minimum Gasteiger partial charge on any atom is -0.365 e. The fourth-order valence-corrected chi connectivity index (χ4v) is 2.54. The summed E-state index contributed by atoms with van der Waals surface area (Å²) in [6, 6.07) is 1.15. The molecular formula is C13H16F3N5. The Bertz CT molecular complexity index is 676. The van der Waals surface area contributed by atoms with Crippen molar-refractivity contribution >= 4 is 11.3 Å². The van der Waals surface area contributed by atoms with Gasteiger partial charge in [0.15, 0.2) is 11.5 Å². The minimum atomic E-state index is -4.47. The SMILES string of the molecule is CC1(C)C(N)CC1Nc1nccn2nc(C(F)(F)F)cc12. The predicted molar refractivity (Wildman–Crippen MR) is 71.8 cm³/mol. The van der Waals surface area contributed by atoms with E-state index < -0.39 is 11.9 Å². The van der Waals surface area contributed by atoms with Crippen molar-refractivity contribution in [3.8, 4) is 0 Å². The molecular weight excluding hydrogens is 283 g/mol. The first-order valence-corrected chi connectivity index (χ1v) is 6.63. The highest BCUT2D eigenvalue weighted by Crippen LogP contribution is 2.41. The van der Waals surface area contributed by atoms with Crippen molar-refractivity contribution in [2.45, 2.75) is 38.5 Å². The number of alkyl halides is 3. The van der Waals surface area contributed by atoms with Crippen LogP contribution in [0.1, 0.15) is 26.0 Å². The maximum absolute atomic E-state index is 12.7. The lowest BCUT2D eigenvalue weighted by molar-refractivity contribution is -0.141. The second kappa shape index (κ2) is 4.33. The Kier molecular flexibility index (Phi) is 2.91. The van der Waals surface area contributed by atoms with Gasteiger partial charge in [-0.3, -0.25) is 0 Å². The van der Waals surface area contributed by atoms with Crippen molar-refractivity contribution in [3.05, 3.63) is 24.2 Å². The molecule has 1 fully saturated rings. The first-order chi connectivity index (χ1) is 9.69. The largest absolute Gasteiger partial charge is 0.435 e. The summed E-state index contributed by atoms with van der Waals surface area (Å²) in [5.74, 6) is 0.394. The quantitative estimate of drug-likeness (QED) is 0.892. The topological polar surface area (TPSA) is 68.2 Å². The molecule has 21 heavy (non-hydrogen) atoms. The first-order valence-electron chi connectivity index (χ1n) is 6.63. The first kappa shape index (κ1) is 14.1. The molecule has 2 atom stereocenters. The third-order valence-electron chi connectivity index (χ3n) is 4.33. The molecule has 1 aliphatic carbocycles. The number of fused-ring (bicyclic) bond motifs is 1. The zero-order valence-electron chi connectivity index (χ0n) is 11.6. The summed E-state index contributed by atoms with van der Waals surface area (Å²) in [6.45, 7) is 4.05. The molecule has 2 aromatic heterocycles. The highest BCUT2D eigenvalue weighted by atomic mass is 19.4. The second-order valence-corrected chi connectivity index (χ2v) is 5.99. The van der Waals surface area contributed by atoms with Crippen LogP contribution in [0.25, 0.3) is 5.52 Å². The molecule has 0 saturated heterocycles. The van der Waals surface area contributed by atoms with Gasteiger partial charge in [-0.1, -0.05) is 13.8 Å². The number of halogens is 3. The van der Waals surface area contributed by atoms with Crippen LogP contribution in [0.3, 0.4) is 0 Å². The van der Waals surface area contributed by atoms with Crippen LogP contribution in [-0.2, 0) is 6.18 Å². The Morgan fingerprint density at radius 1 is 1.43 bits per heavy atom. The zero-order chi connectivity index (χ0) is 15.4. The Morgan fingerprint density at radius 3 is 2.71 bits per heavy atom. The van der Waals surface area contributed by atoms with Gasteiger partial charge in [0.1, 0.15) is 5.52 Å². The molecule has 2 aromatic rings. The third kappa shape index (κ3) is 2.23. The summed E-state index contributed by atoms with van der Waals surface area (Å²) in [5.41, 5.74) is 5.20. The molecule has 2 heterocycles. The predicted octanol–water partition coefficient (Wildman–Crippen LogP) is 2.29. The van der Waals surface area contributed by atoms with E-state index in [-0.39, 0.29) is 17.5 Å². The van der Waals surface area contributed by atoms with Crippen molar-refractivity contribution in [1.29, 1.82) is 0 Å². The molecule has 0 aromatic carbocycles. The molecule has 0 aliphatic heterocycles. The number of nitrogens with two attached hydrogens (primary N) is 1. The summed E-state index contributed by atoms with van der Waals surface area (Å²) in [6.07, 6.45) is -0.890. The van der Waals surface area contributed by atoms with Gasteiger partial charge < -0.3 is 11.1 Å². The van der Waals surface area contributed by atoms with E-state index in [1.54, 1.807) is 0 Å². The average molecular weight is 299 g/mol. The van der Waals surface area contributed by atoms with Crippen LogP contribution in [0.15, 0.2) is 18.5 Å². The highest BCUT2D eigenvalue weighted by molar-refractivity contribution is 5.68. The number of anilines is 1. The van der Waals surface area contributed by atoms with Crippen LogP contribution >= 0.6 is 0 Å². The molecule has 1 saturated carbocycles. The van der Waals surface area contributed by atoms with Crippen molar-refractivity contribution < 1.29 is 13.2 Å². The van der Waals surface area contributed by atoms with Gasteiger partial charge in [0.05, 0.1) is 0 Å². The summed E-state index contributed by atoms with van der Waals surface area (Å²) >= 11 is 0. The van der Waals surface area contributed by atoms with Gasteiger partial charge in [0.2, 0.25) is 0 Å². The number of hydrogen-bond acceptors (Lipinski definition) is 4. The van der Waals surface area contributed by atoms with Crippen LogP contribution in [0, 0.1) is 5.41 Å². The lowest BCUT2D eigenvalue weighted by Crippen LogP contribution is -2.61. The number of rotatable bonds is 2. The Labute approximate surface area is 119 Å². The van der Waals surface area contributed by atoms with E-state index in [4.69, 9.17) is 5.73 Å². The zero-order valence-corrected chi connectivity index (χ0v) is 11.6. The highest BCUT2D eigenvalue weighted by Gasteiger charge is 2.46. The molecule has 0 spiro atoms. The van der Waals surface area contributed by atoms with Gasteiger partial charge in [-0.2, -0.15) is 18.3 Å².